The molecule has 1 fully saturated rings. The van der Waals surface area contributed by atoms with Gasteiger partial charge >= 0.3 is 0 Å². The van der Waals surface area contributed by atoms with E-state index < -0.39 is 6.17 Å². The van der Waals surface area contributed by atoms with Gasteiger partial charge in [0.15, 0.2) is 0 Å². The SMILES string of the molecule is CN[C@@H]1CCC(F)C1. The van der Waals surface area contributed by atoms with E-state index in [9.17, 15) is 4.39 Å². The van der Waals surface area contributed by atoms with E-state index in [1.165, 1.54) is 0 Å². The van der Waals surface area contributed by atoms with E-state index in [0.29, 0.717) is 6.04 Å². The molecular weight excluding hydrogens is 105 g/mol. The zero-order valence-electron chi connectivity index (χ0n) is 5.15. The molecule has 0 spiro atoms. The van der Waals surface area contributed by atoms with Crippen LogP contribution in [-0.2, 0) is 0 Å². The molecule has 0 aromatic heterocycles. The lowest BCUT2D eigenvalue weighted by atomic mass is 10.3. The van der Waals surface area contributed by atoms with E-state index >= 15 is 0 Å². The van der Waals surface area contributed by atoms with Crippen LogP contribution in [0.4, 0.5) is 4.39 Å². The molecule has 1 aliphatic rings. The highest BCUT2D eigenvalue weighted by Crippen LogP contribution is 2.20. The Hall–Kier alpha value is -0.110. The molecule has 1 rings (SSSR count). The van der Waals surface area contributed by atoms with Gasteiger partial charge in [-0.1, -0.05) is 0 Å². The van der Waals surface area contributed by atoms with Gasteiger partial charge in [-0.2, -0.15) is 0 Å². The summed E-state index contributed by atoms with van der Waals surface area (Å²) < 4.78 is 12.3. The lowest BCUT2D eigenvalue weighted by Crippen LogP contribution is -2.21. The van der Waals surface area contributed by atoms with Crippen molar-refractivity contribution in [1.29, 1.82) is 0 Å². The normalized spacial score (nSPS) is 38.2. The molecule has 1 saturated carbocycles. The van der Waals surface area contributed by atoms with Crippen molar-refractivity contribution in [3.05, 3.63) is 0 Å². The highest BCUT2D eigenvalue weighted by Gasteiger charge is 2.21. The van der Waals surface area contributed by atoms with Gasteiger partial charge in [0.25, 0.3) is 0 Å². The smallest absolute Gasteiger partial charge is 0.102 e. The van der Waals surface area contributed by atoms with E-state index in [4.69, 9.17) is 0 Å². The number of hydrogen-bond donors (Lipinski definition) is 1. The van der Waals surface area contributed by atoms with Gasteiger partial charge in [-0.05, 0) is 26.3 Å². The molecule has 0 radical (unpaired) electrons. The van der Waals surface area contributed by atoms with Crippen molar-refractivity contribution in [2.75, 3.05) is 7.05 Å². The third kappa shape index (κ3) is 1.19. The van der Waals surface area contributed by atoms with E-state index in [2.05, 4.69) is 5.32 Å². The summed E-state index contributed by atoms with van der Waals surface area (Å²) in [5.74, 6) is 0. The topological polar surface area (TPSA) is 12.0 Å². The maximum absolute atomic E-state index is 12.3. The van der Waals surface area contributed by atoms with Crippen LogP contribution in [0.15, 0.2) is 0 Å². The van der Waals surface area contributed by atoms with Crippen LogP contribution in [0, 0.1) is 0 Å². The molecular formula is C6H12FN. The lowest BCUT2D eigenvalue weighted by Gasteiger charge is -2.03. The summed E-state index contributed by atoms with van der Waals surface area (Å²) in [6, 6.07) is 0.449. The Labute approximate surface area is 49.3 Å². The van der Waals surface area contributed by atoms with E-state index in [1.54, 1.807) is 0 Å². The van der Waals surface area contributed by atoms with E-state index in [0.717, 1.165) is 19.3 Å². The van der Waals surface area contributed by atoms with Crippen molar-refractivity contribution in [3.8, 4) is 0 Å². The van der Waals surface area contributed by atoms with Gasteiger partial charge < -0.3 is 5.32 Å². The van der Waals surface area contributed by atoms with Crippen molar-refractivity contribution < 1.29 is 4.39 Å². The van der Waals surface area contributed by atoms with Crippen molar-refractivity contribution >= 4 is 0 Å². The van der Waals surface area contributed by atoms with Gasteiger partial charge in [0.2, 0.25) is 0 Å². The van der Waals surface area contributed by atoms with Crippen molar-refractivity contribution in [1.82, 2.24) is 5.32 Å². The minimum atomic E-state index is -0.535. The highest BCUT2D eigenvalue weighted by molar-refractivity contribution is 4.78. The molecule has 2 heteroatoms. The Kier molecular flexibility index (Phi) is 1.84. The molecule has 2 atom stereocenters. The van der Waals surface area contributed by atoms with Crippen LogP contribution in [0.25, 0.3) is 0 Å². The molecule has 0 saturated heterocycles. The Morgan fingerprint density at radius 1 is 1.50 bits per heavy atom. The van der Waals surface area contributed by atoms with Crippen molar-refractivity contribution in [3.63, 3.8) is 0 Å². The Balaban J connectivity index is 2.22. The molecule has 0 aromatic rings. The Bertz CT molecular complexity index is 74.9. The fourth-order valence-electron chi connectivity index (χ4n) is 1.19. The van der Waals surface area contributed by atoms with Gasteiger partial charge in [0.1, 0.15) is 6.17 Å². The number of nitrogens with one attached hydrogen (secondary N) is 1. The second-order valence-corrected chi connectivity index (χ2v) is 2.40. The summed E-state index contributed by atoms with van der Waals surface area (Å²) in [4.78, 5) is 0. The summed E-state index contributed by atoms with van der Waals surface area (Å²) in [6.45, 7) is 0. The molecule has 48 valence electrons. The third-order valence-electron chi connectivity index (χ3n) is 1.78. The predicted molar refractivity (Wildman–Crippen MR) is 31.6 cm³/mol. The first-order chi connectivity index (χ1) is 3.83. The van der Waals surface area contributed by atoms with Crippen LogP contribution >= 0.6 is 0 Å². The number of alkyl halides is 1. The van der Waals surface area contributed by atoms with Crippen LogP contribution in [0.2, 0.25) is 0 Å². The van der Waals surface area contributed by atoms with Crippen molar-refractivity contribution in [2.45, 2.75) is 31.5 Å². The summed E-state index contributed by atoms with van der Waals surface area (Å²) in [5.41, 5.74) is 0. The highest BCUT2D eigenvalue weighted by atomic mass is 19.1. The number of rotatable bonds is 1. The van der Waals surface area contributed by atoms with E-state index in [-0.39, 0.29) is 0 Å². The van der Waals surface area contributed by atoms with Crippen LogP contribution in [0.5, 0.6) is 0 Å². The molecule has 0 aliphatic heterocycles. The predicted octanol–water partition coefficient (Wildman–Crippen LogP) is 1.10. The molecule has 1 nitrogen and oxygen atoms in total. The second kappa shape index (κ2) is 2.44. The molecule has 1 aliphatic carbocycles. The van der Waals surface area contributed by atoms with Gasteiger partial charge in [-0.15, -0.1) is 0 Å². The van der Waals surface area contributed by atoms with Crippen LogP contribution in [0.3, 0.4) is 0 Å². The quantitative estimate of drug-likeness (QED) is 0.542. The first kappa shape index (κ1) is 6.02. The first-order valence-electron chi connectivity index (χ1n) is 3.14. The van der Waals surface area contributed by atoms with Crippen LogP contribution < -0.4 is 5.32 Å². The van der Waals surface area contributed by atoms with Crippen LogP contribution in [0.1, 0.15) is 19.3 Å². The fourth-order valence-corrected chi connectivity index (χ4v) is 1.19. The number of hydrogen-bond acceptors (Lipinski definition) is 1. The maximum atomic E-state index is 12.3. The first-order valence-corrected chi connectivity index (χ1v) is 3.14. The monoisotopic (exact) mass is 117 g/mol. The van der Waals surface area contributed by atoms with Gasteiger partial charge in [-0.3, -0.25) is 0 Å². The second-order valence-electron chi connectivity index (χ2n) is 2.40. The maximum Gasteiger partial charge on any atom is 0.102 e. The Morgan fingerprint density at radius 2 is 2.25 bits per heavy atom. The third-order valence-corrected chi connectivity index (χ3v) is 1.78. The largest absolute Gasteiger partial charge is 0.317 e. The fraction of sp³-hybridized carbons (Fsp3) is 1.00. The van der Waals surface area contributed by atoms with E-state index in [1.807, 2.05) is 7.05 Å². The standard InChI is InChI=1S/C6H12FN/c1-8-6-3-2-5(7)4-6/h5-6,8H,2-4H2,1H3/t5?,6-/m1/s1. The van der Waals surface area contributed by atoms with Gasteiger partial charge in [0, 0.05) is 6.04 Å². The summed E-state index contributed by atoms with van der Waals surface area (Å²) in [6.07, 6.45) is 1.95. The molecule has 0 aromatic carbocycles. The number of halogens is 1. The zero-order valence-corrected chi connectivity index (χ0v) is 5.15. The summed E-state index contributed by atoms with van der Waals surface area (Å²) >= 11 is 0. The van der Waals surface area contributed by atoms with Gasteiger partial charge in [0.05, 0.1) is 0 Å². The molecule has 1 N–H and O–H groups in total. The average molecular weight is 117 g/mol. The minimum Gasteiger partial charge on any atom is -0.317 e. The summed E-state index contributed by atoms with van der Waals surface area (Å²) in [7, 11) is 1.89. The minimum absolute atomic E-state index is 0.449. The average Bonchev–Trinajstić information content (AvgIpc) is 2.14. The molecule has 0 amide bonds. The summed E-state index contributed by atoms with van der Waals surface area (Å²) in [5, 5.41) is 3.05. The Morgan fingerprint density at radius 3 is 2.50 bits per heavy atom. The van der Waals surface area contributed by atoms with Crippen molar-refractivity contribution in [2.24, 2.45) is 0 Å². The van der Waals surface area contributed by atoms with Crippen LogP contribution in [-0.4, -0.2) is 19.3 Å². The molecule has 0 heterocycles. The molecule has 0 bridgehead atoms. The van der Waals surface area contributed by atoms with Gasteiger partial charge in [-0.25, -0.2) is 4.39 Å². The lowest BCUT2D eigenvalue weighted by molar-refractivity contribution is 0.336. The zero-order chi connectivity index (χ0) is 5.98. The molecule has 8 heavy (non-hydrogen) atoms. The molecule has 1 unspecified atom stereocenters.